The van der Waals surface area contributed by atoms with Crippen LogP contribution in [0.25, 0.3) is 5.69 Å². The zero-order valence-electron chi connectivity index (χ0n) is 32.7. The number of alkyl carbamates (subject to hydrolysis) is 2. The molecule has 0 spiro atoms. The lowest BCUT2D eigenvalue weighted by Gasteiger charge is -2.43. The number of aromatic nitrogens is 2. The molecule has 1 aromatic heterocycles. The summed E-state index contributed by atoms with van der Waals surface area (Å²) in [4.78, 5) is 70.7. The van der Waals surface area contributed by atoms with Crippen LogP contribution in [0.2, 0.25) is 0 Å². The monoisotopic (exact) mass is 796 g/mol. The number of nitrogens with one attached hydrogen (secondary N) is 3. The Morgan fingerprint density at radius 1 is 0.911 bits per heavy atom. The van der Waals surface area contributed by atoms with E-state index in [4.69, 9.17) is 14.2 Å². The standard InChI is InChI=1S/C36H51F3N8O9/c1-33(2,3)55-31(52)40-19-24-20-47(28(49)36(37,38)39)25(21-54-24)22-9-11-23(12-10-22)46-14-13-26(42-30(46)51)41-29(50)45-17-15-44(16-18-45)27(48)35(7,8)43-32(53)56-34(4,5)6/h9-14,24-25,27,48H,15-21H2,1-8H3,(H,40,52)(H,43,53)(H,41,42,50,51)/t24-,25?,27?/m0/s1. The molecular weight excluding hydrogens is 745 g/mol. The van der Waals surface area contributed by atoms with Gasteiger partial charge in [0.1, 0.15) is 23.2 Å². The molecule has 5 amide bonds. The van der Waals surface area contributed by atoms with Crippen molar-refractivity contribution in [1.82, 2.24) is 34.9 Å². The maximum Gasteiger partial charge on any atom is 0.471 e. The van der Waals surface area contributed by atoms with E-state index in [2.05, 4.69) is 20.9 Å². The van der Waals surface area contributed by atoms with Crippen molar-refractivity contribution in [3.05, 3.63) is 52.6 Å². The lowest BCUT2D eigenvalue weighted by Crippen LogP contribution is -2.63. The topological polar surface area (TPSA) is 197 Å². The van der Waals surface area contributed by atoms with Gasteiger partial charge in [-0.05, 0) is 79.2 Å². The molecule has 3 heterocycles. The first kappa shape index (κ1) is 43.8. The van der Waals surface area contributed by atoms with Gasteiger partial charge >= 0.3 is 36.0 Å². The number of alkyl halides is 3. The number of piperazine rings is 1. The van der Waals surface area contributed by atoms with Crippen LogP contribution < -0.4 is 21.6 Å². The van der Waals surface area contributed by atoms with E-state index in [0.717, 1.165) is 0 Å². The Kier molecular flexibility index (Phi) is 13.3. The molecule has 2 unspecified atom stereocenters. The molecular formula is C36H51F3N8O9. The molecule has 1 aromatic carbocycles. The van der Waals surface area contributed by atoms with Gasteiger partial charge in [-0.25, -0.2) is 19.2 Å². The molecule has 56 heavy (non-hydrogen) atoms. The van der Waals surface area contributed by atoms with E-state index >= 15 is 0 Å². The molecule has 2 fully saturated rings. The number of benzene rings is 1. The lowest BCUT2D eigenvalue weighted by molar-refractivity contribution is -0.196. The number of urea groups is 1. The molecule has 2 aromatic rings. The Morgan fingerprint density at radius 3 is 2.05 bits per heavy atom. The number of aliphatic hydroxyl groups is 1. The number of ether oxygens (including phenoxy) is 3. The van der Waals surface area contributed by atoms with Gasteiger partial charge in [0, 0.05) is 45.5 Å². The molecule has 310 valence electrons. The predicted molar refractivity (Wildman–Crippen MR) is 196 cm³/mol. The summed E-state index contributed by atoms with van der Waals surface area (Å²) >= 11 is 0. The lowest BCUT2D eigenvalue weighted by atomic mass is 10.0. The number of anilines is 1. The fourth-order valence-electron chi connectivity index (χ4n) is 5.99. The van der Waals surface area contributed by atoms with Crippen molar-refractivity contribution in [1.29, 1.82) is 0 Å². The van der Waals surface area contributed by atoms with E-state index < -0.39 is 77.7 Å². The third kappa shape index (κ3) is 12.0. The zero-order chi connectivity index (χ0) is 41.8. The summed E-state index contributed by atoms with van der Waals surface area (Å²) in [7, 11) is 0. The molecule has 20 heteroatoms. The number of nitrogens with zero attached hydrogens (tertiary/aromatic N) is 5. The summed E-state index contributed by atoms with van der Waals surface area (Å²) in [6, 6.07) is 5.65. The van der Waals surface area contributed by atoms with Gasteiger partial charge in [-0.15, -0.1) is 0 Å². The minimum Gasteiger partial charge on any atom is -0.444 e. The van der Waals surface area contributed by atoms with Crippen molar-refractivity contribution in [2.75, 3.05) is 51.2 Å². The number of aliphatic hydroxyl groups excluding tert-OH is 1. The van der Waals surface area contributed by atoms with Crippen LogP contribution in [-0.2, 0) is 19.0 Å². The fourth-order valence-corrected chi connectivity index (χ4v) is 5.99. The minimum absolute atomic E-state index is 0.0191. The summed E-state index contributed by atoms with van der Waals surface area (Å²) < 4.78 is 58.2. The minimum atomic E-state index is -5.16. The van der Waals surface area contributed by atoms with Crippen molar-refractivity contribution in [2.24, 2.45) is 0 Å². The maximum absolute atomic E-state index is 13.6. The second kappa shape index (κ2) is 17.0. The zero-order valence-corrected chi connectivity index (χ0v) is 32.7. The molecule has 4 rings (SSSR count). The van der Waals surface area contributed by atoms with Gasteiger partial charge in [0.05, 0.1) is 30.0 Å². The number of amides is 5. The average molecular weight is 797 g/mol. The smallest absolute Gasteiger partial charge is 0.444 e. The fraction of sp³-hybridized carbons (Fsp3) is 0.611. The van der Waals surface area contributed by atoms with Crippen molar-refractivity contribution >= 4 is 29.9 Å². The van der Waals surface area contributed by atoms with Gasteiger partial charge in [0.15, 0.2) is 0 Å². The van der Waals surface area contributed by atoms with E-state index in [9.17, 15) is 42.3 Å². The third-order valence-corrected chi connectivity index (χ3v) is 8.65. The first-order valence-electron chi connectivity index (χ1n) is 18.0. The van der Waals surface area contributed by atoms with Crippen LogP contribution in [0.3, 0.4) is 0 Å². The SMILES string of the molecule is CC(C)(C)OC(=O)NC[C@H]1CN(C(=O)C(F)(F)F)C(c2ccc(-n3ccc(NC(=O)N4CCN(C(O)C(C)(C)NC(=O)OC(C)(C)C)CC4)nc3=O)cc2)CO1. The first-order valence-corrected chi connectivity index (χ1v) is 18.0. The normalized spacial score (nSPS) is 19.1. The highest BCUT2D eigenvalue weighted by Crippen LogP contribution is 2.31. The number of hydrogen-bond donors (Lipinski definition) is 4. The van der Waals surface area contributed by atoms with E-state index in [1.165, 1.54) is 46.0 Å². The quantitative estimate of drug-likeness (QED) is 0.306. The van der Waals surface area contributed by atoms with Gasteiger partial charge < -0.3 is 39.8 Å². The van der Waals surface area contributed by atoms with Crippen molar-refractivity contribution in [3.8, 4) is 5.69 Å². The van der Waals surface area contributed by atoms with Gasteiger partial charge in [0.25, 0.3) is 0 Å². The van der Waals surface area contributed by atoms with Crippen LogP contribution in [0.4, 0.5) is 33.4 Å². The third-order valence-electron chi connectivity index (χ3n) is 8.65. The highest BCUT2D eigenvalue weighted by Gasteiger charge is 2.47. The van der Waals surface area contributed by atoms with Crippen LogP contribution in [0, 0.1) is 0 Å². The van der Waals surface area contributed by atoms with Crippen LogP contribution in [0.1, 0.15) is 67.0 Å². The molecule has 2 saturated heterocycles. The van der Waals surface area contributed by atoms with Crippen LogP contribution in [0.15, 0.2) is 41.3 Å². The van der Waals surface area contributed by atoms with Crippen LogP contribution >= 0.6 is 0 Å². The second-order valence-electron chi connectivity index (χ2n) is 16.0. The first-order chi connectivity index (χ1) is 25.8. The Morgan fingerprint density at radius 2 is 1.50 bits per heavy atom. The van der Waals surface area contributed by atoms with Crippen molar-refractivity contribution in [2.45, 2.75) is 96.7 Å². The highest BCUT2D eigenvalue weighted by atomic mass is 19.4. The van der Waals surface area contributed by atoms with Crippen LogP contribution in [-0.4, -0.2) is 135 Å². The van der Waals surface area contributed by atoms with Gasteiger partial charge in [-0.2, -0.15) is 18.2 Å². The van der Waals surface area contributed by atoms with Gasteiger partial charge in [0.2, 0.25) is 0 Å². The van der Waals surface area contributed by atoms with Crippen molar-refractivity contribution < 1.29 is 51.7 Å². The number of hydrogen-bond acceptors (Lipinski definition) is 11. The molecule has 0 saturated carbocycles. The molecule has 0 radical (unpaired) electrons. The largest absolute Gasteiger partial charge is 0.471 e. The van der Waals surface area contributed by atoms with E-state index in [0.29, 0.717) is 29.2 Å². The number of halogens is 3. The molecule has 17 nitrogen and oxygen atoms in total. The molecule has 2 aliphatic rings. The van der Waals surface area contributed by atoms with E-state index in [-0.39, 0.29) is 32.1 Å². The average Bonchev–Trinajstić information content (AvgIpc) is 3.08. The summed E-state index contributed by atoms with van der Waals surface area (Å²) in [6.07, 6.45) is -7.25. The number of rotatable bonds is 8. The summed E-state index contributed by atoms with van der Waals surface area (Å²) in [5.74, 6) is -2.08. The Hall–Kier alpha value is -4.95. The molecule has 0 bridgehead atoms. The summed E-state index contributed by atoms with van der Waals surface area (Å²) in [5.41, 5.74) is -2.70. The Bertz CT molecular complexity index is 1780. The number of morpholine rings is 1. The van der Waals surface area contributed by atoms with E-state index in [1.54, 1.807) is 60.3 Å². The van der Waals surface area contributed by atoms with Crippen molar-refractivity contribution in [3.63, 3.8) is 0 Å². The summed E-state index contributed by atoms with van der Waals surface area (Å²) in [5, 5.41) is 18.7. The number of carbonyl (C=O) groups is 4. The second-order valence-corrected chi connectivity index (χ2v) is 16.0. The Labute approximate surface area is 322 Å². The molecule has 3 atom stereocenters. The molecule has 4 N–H and O–H groups in total. The van der Waals surface area contributed by atoms with Crippen LogP contribution in [0.5, 0.6) is 0 Å². The maximum atomic E-state index is 13.6. The summed E-state index contributed by atoms with van der Waals surface area (Å²) in [6.45, 7) is 13.6. The molecule has 0 aliphatic carbocycles. The van der Waals surface area contributed by atoms with Gasteiger partial charge in [-0.1, -0.05) is 12.1 Å². The Balaban J connectivity index is 1.35. The van der Waals surface area contributed by atoms with Gasteiger partial charge in [-0.3, -0.25) is 19.6 Å². The predicted octanol–water partition coefficient (Wildman–Crippen LogP) is 3.36. The molecule has 2 aliphatic heterocycles. The highest BCUT2D eigenvalue weighted by molar-refractivity contribution is 5.88. The number of carbonyl (C=O) groups excluding carboxylic acids is 4. The van der Waals surface area contributed by atoms with E-state index in [1.807, 2.05) is 0 Å².